The maximum Gasteiger partial charge on any atom is 0.333 e. The summed E-state index contributed by atoms with van der Waals surface area (Å²) in [6.07, 6.45) is 0. The van der Waals surface area contributed by atoms with Gasteiger partial charge < -0.3 is 20.7 Å². The molecule has 0 saturated carbocycles. The van der Waals surface area contributed by atoms with Gasteiger partial charge in [-0.25, -0.2) is 4.79 Å². The fourth-order valence-corrected chi connectivity index (χ4v) is 1.99. The van der Waals surface area contributed by atoms with Crippen LogP contribution in [0.4, 0.5) is 0 Å². The van der Waals surface area contributed by atoms with Gasteiger partial charge in [0.2, 0.25) is 0 Å². The third kappa shape index (κ3) is 3.75. The van der Waals surface area contributed by atoms with Crippen molar-refractivity contribution in [2.24, 2.45) is 5.73 Å². The highest BCUT2D eigenvalue weighted by molar-refractivity contribution is 5.81. The van der Waals surface area contributed by atoms with Crippen LogP contribution >= 0.6 is 0 Å². The number of phenols is 2. The van der Waals surface area contributed by atoms with Crippen molar-refractivity contribution in [1.82, 2.24) is 5.32 Å². The second-order valence-corrected chi connectivity index (χ2v) is 4.62. The molecule has 0 aromatic heterocycles. The molecule has 0 heterocycles. The Morgan fingerprint density at radius 1 is 1.09 bits per heavy atom. The number of benzene rings is 2. The number of hydrogen-bond acceptors (Lipinski definition) is 6. The fraction of sp³-hybridized carbons (Fsp3) is 0.188. The van der Waals surface area contributed by atoms with Gasteiger partial charge in [0, 0.05) is 18.7 Å². The van der Waals surface area contributed by atoms with E-state index in [-0.39, 0.29) is 17.2 Å². The molecule has 0 aliphatic carbocycles. The molecular formula is C16H18N2O4. The predicted octanol–water partition coefficient (Wildman–Crippen LogP) is 1.29. The summed E-state index contributed by atoms with van der Waals surface area (Å²) in [6, 6.07) is 11.8. The van der Waals surface area contributed by atoms with Crippen LogP contribution in [0, 0.1) is 0 Å². The molecule has 0 radical (unpaired) electrons. The lowest BCUT2D eigenvalue weighted by Crippen LogP contribution is -2.35. The minimum absolute atomic E-state index is 0.0220. The van der Waals surface area contributed by atoms with Gasteiger partial charge in [-0.1, -0.05) is 30.3 Å². The Morgan fingerprint density at radius 3 is 2.36 bits per heavy atom. The van der Waals surface area contributed by atoms with Crippen LogP contribution in [0.25, 0.3) is 0 Å². The SMILES string of the molecule is NCCNC(C(=O)Oc1ccccc1O)c1ccccc1O. The van der Waals surface area contributed by atoms with Gasteiger partial charge in [-0.3, -0.25) is 5.32 Å². The van der Waals surface area contributed by atoms with E-state index in [2.05, 4.69) is 5.32 Å². The molecule has 1 unspecified atom stereocenters. The van der Waals surface area contributed by atoms with Gasteiger partial charge in [-0.05, 0) is 18.2 Å². The Morgan fingerprint density at radius 2 is 1.73 bits per heavy atom. The van der Waals surface area contributed by atoms with Gasteiger partial charge in [0.25, 0.3) is 0 Å². The number of hydrogen-bond donors (Lipinski definition) is 4. The first-order valence-electron chi connectivity index (χ1n) is 6.84. The zero-order valence-corrected chi connectivity index (χ0v) is 11.9. The number of ether oxygens (including phenoxy) is 1. The minimum Gasteiger partial charge on any atom is -0.508 e. The third-order valence-corrected chi connectivity index (χ3v) is 3.05. The molecule has 2 aromatic carbocycles. The van der Waals surface area contributed by atoms with Crippen molar-refractivity contribution >= 4 is 5.97 Å². The standard InChI is InChI=1S/C16H18N2O4/c17-9-10-18-15(11-5-1-2-6-12(11)19)16(21)22-14-8-4-3-7-13(14)20/h1-8,15,18-20H,9-10,17H2. The highest BCUT2D eigenvalue weighted by Crippen LogP contribution is 2.29. The molecule has 0 aliphatic heterocycles. The summed E-state index contributed by atoms with van der Waals surface area (Å²) in [5, 5.41) is 22.5. The van der Waals surface area contributed by atoms with Gasteiger partial charge >= 0.3 is 5.97 Å². The van der Waals surface area contributed by atoms with Crippen LogP contribution in [0.1, 0.15) is 11.6 Å². The number of nitrogens with two attached hydrogens (primary N) is 1. The van der Waals surface area contributed by atoms with Crippen molar-refractivity contribution in [3.8, 4) is 17.2 Å². The van der Waals surface area contributed by atoms with Crippen LogP contribution in [-0.2, 0) is 4.79 Å². The molecule has 0 amide bonds. The van der Waals surface area contributed by atoms with E-state index in [1.165, 1.54) is 18.2 Å². The first-order valence-corrected chi connectivity index (χ1v) is 6.84. The molecule has 22 heavy (non-hydrogen) atoms. The summed E-state index contributed by atoms with van der Waals surface area (Å²) in [6.45, 7) is 0.697. The minimum atomic E-state index is -0.885. The van der Waals surface area contributed by atoms with E-state index in [0.717, 1.165) is 0 Å². The van der Waals surface area contributed by atoms with Crippen molar-refractivity contribution in [2.45, 2.75) is 6.04 Å². The molecule has 116 valence electrons. The van der Waals surface area contributed by atoms with Crippen LogP contribution in [0.15, 0.2) is 48.5 Å². The molecule has 0 spiro atoms. The van der Waals surface area contributed by atoms with E-state index < -0.39 is 12.0 Å². The van der Waals surface area contributed by atoms with Gasteiger partial charge in [-0.15, -0.1) is 0 Å². The number of aromatic hydroxyl groups is 2. The summed E-state index contributed by atoms with van der Waals surface area (Å²) < 4.78 is 5.21. The van der Waals surface area contributed by atoms with Crippen LogP contribution in [-0.4, -0.2) is 29.3 Å². The Hall–Kier alpha value is -2.57. The molecule has 2 rings (SSSR count). The predicted molar refractivity (Wildman–Crippen MR) is 81.6 cm³/mol. The zero-order chi connectivity index (χ0) is 15.9. The summed E-state index contributed by atoms with van der Waals surface area (Å²) in [4.78, 5) is 12.4. The average molecular weight is 302 g/mol. The Kier molecular flexibility index (Phi) is 5.35. The monoisotopic (exact) mass is 302 g/mol. The van der Waals surface area contributed by atoms with E-state index in [9.17, 15) is 15.0 Å². The Balaban J connectivity index is 2.24. The summed E-state index contributed by atoms with van der Waals surface area (Å²) in [7, 11) is 0. The van der Waals surface area contributed by atoms with Gasteiger partial charge in [0.05, 0.1) is 0 Å². The Labute approximate surface area is 128 Å². The fourth-order valence-electron chi connectivity index (χ4n) is 1.99. The number of rotatable bonds is 6. The van der Waals surface area contributed by atoms with E-state index >= 15 is 0 Å². The number of para-hydroxylation sites is 3. The molecule has 6 nitrogen and oxygen atoms in total. The molecule has 5 N–H and O–H groups in total. The third-order valence-electron chi connectivity index (χ3n) is 3.05. The molecule has 0 aliphatic rings. The number of nitrogens with one attached hydrogen (secondary N) is 1. The molecular weight excluding hydrogens is 284 g/mol. The molecule has 2 aromatic rings. The number of esters is 1. The first-order chi connectivity index (χ1) is 10.6. The zero-order valence-electron chi connectivity index (χ0n) is 11.9. The summed E-state index contributed by atoms with van der Waals surface area (Å²) in [5.41, 5.74) is 5.84. The van der Waals surface area contributed by atoms with E-state index in [4.69, 9.17) is 10.5 Å². The Bertz CT molecular complexity index is 646. The van der Waals surface area contributed by atoms with Gasteiger partial charge in [0.15, 0.2) is 11.5 Å². The van der Waals surface area contributed by atoms with Crippen LogP contribution in [0.2, 0.25) is 0 Å². The van der Waals surface area contributed by atoms with Crippen LogP contribution < -0.4 is 15.8 Å². The van der Waals surface area contributed by atoms with Crippen molar-refractivity contribution in [3.63, 3.8) is 0 Å². The molecule has 6 heteroatoms. The largest absolute Gasteiger partial charge is 0.508 e. The topological polar surface area (TPSA) is 105 Å². The number of carbonyl (C=O) groups excluding carboxylic acids is 1. The highest BCUT2D eigenvalue weighted by Gasteiger charge is 2.25. The van der Waals surface area contributed by atoms with E-state index in [1.54, 1.807) is 30.3 Å². The summed E-state index contributed by atoms with van der Waals surface area (Å²) in [5.74, 6) is -0.740. The quantitative estimate of drug-likeness (QED) is 0.473. The lowest BCUT2D eigenvalue weighted by atomic mass is 10.1. The normalized spacial score (nSPS) is 11.9. The maximum absolute atomic E-state index is 12.4. The second-order valence-electron chi connectivity index (χ2n) is 4.62. The smallest absolute Gasteiger partial charge is 0.333 e. The van der Waals surface area contributed by atoms with Crippen molar-refractivity contribution in [3.05, 3.63) is 54.1 Å². The lowest BCUT2D eigenvalue weighted by molar-refractivity contribution is -0.137. The highest BCUT2D eigenvalue weighted by atomic mass is 16.5. The molecule has 0 fully saturated rings. The van der Waals surface area contributed by atoms with Crippen molar-refractivity contribution in [2.75, 3.05) is 13.1 Å². The second kappa shape index (κ2) is 7.44. The molecule has 1 atom stereocenters. The van der Waals surface area contributed by atoms with Crippen LogP contribution in [0.5, 0.6) is 17.2 Å². The number of phenolic OH excluding ortho intramolecular Hbond substituents is 2. The van der Waals surface area contributed by atoms with Crippen molar-refractivity contribution < 1.29 is 19.7 Å². The average Bonchev–Trinajstić information content (AvgIpc) is 2.51. The van der Waals surface area contributed by atoms with E-state index in [0.29, 0.717) is 18.7 Å². The first kappa shape index (κ1) is 15.8. The van der Waals surface area contributed by atoms with Gasteiger partial charge in [-0.2, -0.15) is 0 Å². The molecule has 0 saturated heterocycles. The molecule has 0 bridgehead atoms. The lowest BCUT2D eigenvalue weighted by Gasteiger charge is -2.18. The van der Waals surface area contributed by atoms with Crippen molar-refractivity contribution in [1.29, 1.82) is 0 Å². The maximum atomic E-state index is 12.4. The van der Waals surface area contributed by atoms with Crippen LogP contribution in [0.3, 0.4) is 0 Å². The number of carbonyl (C=O) groups is 1. The summed E-state index contributed by atoms with van der Waals surface area (Å²) >= 11 is 0. The van der Waals surface area contributed by atoms with Gasteiger partial charge in [0.1, 0.15) is 11.8 Å². The van der Waals surface area contributed by atoms with E-state index in [1.807, 2.05) is 0 Å².